The van der Waals surface area contributed by atoms with Gasteiger partial charge in [0.05, 0.1) is 5.75 Å². The Balaban J connectivity index is 1.23. The Hall–Kier alpha value is -3.78. The monoisotopic (exact) mass is 486 g/mol. The van der Waals surface area contributed by atoms with Gasteiger partial charge in [-0.3, -0.25) is 9.36 Å². The largest absolute Gasteiger partial charge is 0.486 e. The molecule has 0 radical (unpaired) electrons. The summed E-state index contributed by atoms with van der Waals surface area (Å²) in [6, 6.07) is 24.1. The van der Waals surface area contributed by atoms with E-state index in [-0.39, 0.29) is 11.7 Å². The normalized spacial score (nSPS) is 12.4. The number of nitrogens with one attached hydrogen (secondary N) is 1. The number of hydrogen-bond acceptors (Lipinski definition) is 6. The van der Waals surface area contributed by atoms with Crippen molar-refractivity contribution in [2.45, 2.75) is 18.5 Å². The molecule has 0 saturated carbocycles. The predicted octanol–water partition coefficient (Wildman–Crippen LogP) is 4.46. The third kappa shape index (κ3) is 5.49. The minimum absolute atomic E-state index is 0.0488. The van der Waals surface area contributed by atoms with E-state index in [0.717, 1.165) is 34.1 Å². The van der Waals surface area contributed by atoms with Gasteiger partial charge in [-0.15, -0.1) is 10.2 Å². The second-order valence-corrected chi connectivity index (χ2v) is 9.15. The molecule has 1 aliphatic rings. The molecule has 2 heterocycles. The van der Waals surface area contributed by atoms with Crippen LogP contribution in [-0.4, -0.2) is 46.2 Å². The fourth-order valence-electron chi connectivity index (χ4n) is 3.83. The van der Waals surface area contributed by atoms with Crippen molar-refractivity contribution in [3.63, 3.8) is 0 Å². The summed E-state index contributed by atoms with van der Waals surface area (Å²) in [5.41, 5.74) is 4.20. The first-order valence-electron chi connectivity index (χ1n) is 11.5. The van der Waals surface area contributed by atoms with Crippen LogP contribution in [0.4, 0.5) is 0 Å². The number of benzene rings is 3. The number of nitrogens with zero attached hydrogens (tertiary/aromatic N) is 3. The third-order valence-electron chi connectivity index (χ3n) is 5.63. The molecule has 0 saturated heterocycles. The lowest BCUT2D eigenvalue weighted by Gasteiger charge is -2.18. The Morgan fingerprint density at radius 3 is 2.54 bits per heavy atom. The van der Waals surface area contributed by atoms with Crippen LogP contribution < -0.4 is 14.8 Å². The molecule has 1 aromatic heterocycles. The zero-order valence-corrected chi connectivity index (χ0v) is 20.3. The molecule has 3 aromatic carbocycles. The second-order valence-electron chi connectivity index (χ2n) is 8.21. The molecule has 178 valence electrons. The molecule has 0 fully saturated rings. The molecule has 5 rings (SSSR count). The van der Waals surface area contributed by atoms with E-state index < -0.39 is 0 Å². The van der Waals surface area contributed by atoms with Gasteiger partial charge in [0.25, 0.3) is 0 Å². The number of fused-ring (bicyclic) bond motifs is 1. The van der Waals surface area contributed by atoms with Gasteiger partial charge in [-0.1, -0.05) is 65.9 Å². The quantitative estimate of drug-likeness (QED) is 0.371. The van der Waals surface area contributed by atoms with Crippen LogP contribution in [0.1, 0.15) is 11.1 Å². The zero-order valence-electron chi connectivity index (χ0n) is 19.4. The minimum atomic E-state index is -0.0488. The van der Waals surface area contributed by atoms with Crippen LogP contribution in [0.2, 0.25) is 0 Å². The van der Waals surface area contributed by atoms with Crippen LogP contribution in [-0.2, 0) is 11.2 Å². The maximum atomic E-state index is 12.6. The lowest BCUT2D eigenvalue weighted by atomic mass is 10.1. The van der Waals surface area contributed by atoms with Gasteiger partial charge in [-0.25, -0.2) is 0 Å². The lowest BCUT2D eigenvalue weighted by Crippen LogP contribution is -2.27. The molecule has 0 atom stereocenters. The van der Waals surface area contributed by atoms with Gasteiger partial charge in [0, 0.05) is 17.8 Å². The van der Waals surface area contributed by atoms with Gasteiger partial charge in [-0.05, 0) is 43.2 Å². The van der Waals surface area contributed by atoms with E-state index in [1.165, 1.54) is 17.3 Å². The van der Waals surface area contributed by atoms with Gasteiger partial charge in [0.1, 0.15) is 13.2 Å². The molecule has 1 aliphatic heterocycles. The van der Waals surface area contributed by atoms with Crippen LogP contribution in [0.25, 0.3) is 17.1 Å². The summed E-state index contributed by atoms with van der Waals surface area (Å²) >= 11 is 1.38. The number of thioether (sulfide) groups is 1. The zero-order chi connectivity index (χ0) is 24.0. The van der Waals surface area contributed by atoms with Crippen molar-refractivity contribution in [2.24, 2.45) is 0 Å². The number of carbonyl (C=O) groups excluding carboxylic acids is 1. The highest BCUT2D eigenvalue weighted by Gasteiger charge is 2.17. The lowest BCUT2D eigenvalue weighted by molar-refractivity contribution is -0.118. The van der Waals surface area contributed by atoms with E-state index in [4.69, 9.17) is 9.47 Å². The number of rotatable bonds is 8. The molecule has 1 amide bonds. The van der Waals surface area contributed by atoms with Crippen LogP contribution >= 0.6 is 11.8 Å². The Labute approximate surface area is 208 Å². The summed E-state index contributed by atoms with van der Waals surface area (Å²) in [5, 5.41) is 12.5. The molecule has 0 unspecified atom stereocenters. The van der Waals surface area contributed by atoms with Crippen LogP contribution in [0.3, 0.4) is 0 Å². The van der Waals surface area contributed by atoms with Crippen molar-refractivity contribution in [1.29, 1.82) is 0 Å². The van der Waals surface area contributed by atoms with E-state index in [9.17, 15) is 4.79 Å². The number of ether oxygens (including phenoxy) is 2. The Bertz CT molecular complexity index is 1310. The number of carbonyl (C=O) groups is 1. The molecular formula is C27H26N4O3S. The fraction of sp³-hybridized carbons (Fsp3) is 0.222. The summed E-state index contributed by atoms with van der Waals surface area (Å²) in [6.07, 6.45) is 0.713. The third-order valence-corrected chi connectivity index (χ3v) is 6.56. The predicted molar refractivity (Wildman–Crippen MR) is 136 cm³/mol. The number of aromatic nitrogens is 3. The van der Waals surface area contributed by atoms with E-state index in [1.807, 2.05) is 65.2 Å². The van der Waals surface area contributed by atoms with E-state index in [1.54, 1.807) is 0 Å². The molecule has 35 heavy (non-hydrogen) atoms. The average molecular weight is 487 g/mol. The summed E-state index contributed by atoms with van der Waals surface area (Å²) in [5.74, 6) is 2.48. The topological polar surface area (TPSA) is 78.3 Å². The summed E-state index contributed by atoms with van der Waals surface area (Å²) in [4.78, 5) is 12.6. The Kier molecular flexibility index (Phi) is 6.99. The van der Waals surface area contributed by atoms with Gasteiger partial charge in [0.15, 0.2) is 22.5 Å². The SMILES string of the molecule is Cc1ccc(-n2c(SCC(=O)NCCc3ccc4c(c3)OCCO4)nnc2-c2ccccc2)cc1. The first-order chi connectivity index (χ1) is 17.2. The maximum Gasteiger partial charge on any atom is 0.230 e. The number of hydrogen-bond donors (Lipinski definition) is 1. The summed E-state index contributed by atoms with van der Waals surface area (Å²) in [6.45, 7) is 3.73. The van der Waals surface area contributed by atoms with Crippen LogP contribution in [0, 0.1) is 6.92 Å². The number of aryl methyl sites for hydroxylation is 1. The van der Waals surface area contributed by atoms with Gasteiger partial charge < -0.3 is 14.8 Å². The smallest absolute Gasteiger partial charge is 0.230 e. The van der Waals surface area contributed by atoms with E-state index >= 15 is 0 Å². The molecule has 0 bridgehead atoms. The maximum absolute atomic E-state index is 12.6. The van der Waals surface area contributed by atoms with Crippen LogP contribution in [0.15, 0.2) is 78.0 Å². The first-order valence-corrected chi connectivity index (χ1v) is 12.5. The summed E-state index contributed by atoms with van der Waals surface area (Å²) in [7, 11) is 0. The van der Waals surface area contributed by atoms with Crippen molar-refractivity contribution in [2.75, 3.05) is 25.5 Å². The highest BCUT2D eigenvalue weighted by atomic mass is 32.2. The minimum Gasteiger partial charge on any atom is -0.486 e. The van der Waals surface area contributed by atoms with Crippen molar-refractivity contribution in [3.8, 4) is 28.6 Å². The van der Waals surface area contributed by atoms with E-state index in [0.29, 0.717) is 31.3 Å². The van der Waals surface area contributed by atoms with Gasteiger partial charge >= 0.3 is 0 Å². The van der Waals surface area contributed by atoms with Gasteiger partial charge in [0.2, 0.25) is 5.91 Å². The van der Waals surface area contributed by atoms with E-state index in [2.05, 4.69) is 34.6 Å². The summed E-state index contributed by atoms with van der Waals surface area (Å²) < 4.78 is 13.2. The Morgan fingerprint density at radius 1 is 0.971 bits per heavy atom. The van der Waals surface area contributed by atoms with Crippen molar-refractivity contribution in [3.05, 3.63) is 83.9 Å². The fourth-order valence-corrected chi connectivity index (χ4v) is 4.62. The average Bonchev–Trinajstić information content (AvgIpc) is 3.32. The molecule has 0 spiro atoms. The second kappa shape index (κ2) is 10.7. The Morgan fingerprint density at radius 2 is 1.74 bits per heavy atom. The standard InChI is InChI=1S/C27H26N4O3S/c1-19-7-10-22(11-8-19)31-26(21-5-3-2-4-6-21)29-30-27(31)35-18-25(32)28-14-13-20-9-12-23-24(17-20)34-16-15-33-23/h2-12,17H,13-16,18H2,1H3,(H,28,32). The molecule has 7 nitrogen and oxygen atoms in total. The van der Waals surface area contributed by atoms with Crippen molar-refractivity contribution in [1.82, 2.24) is 20.1 Å². The highest BCUT2D eigenvalue weighted by Crippen LogP contribution is 2.31. The highest BCUT2D eigenvalue weighted by molar-refractivity contribution is 7.99. The first kappa shape index (κ1) is 23.0. The molecule has 4 aromatic rings. The van der Waals surface area contributed by atoms with Crippen molar-refractivity contribution >= 4 is 17.7 Å². The van der Waals surface area contributed by atoms with Crippen LogP contribution in [0.5, 0.6) is 11.5 Å². The molecule has 8 heteroatoms. The van der Waals surface area contributed by atoms with Crippen molar-refractivity contribution < 1.29 is 14.3 Å². The number of amides is 1. The van der Waals surface area contributed by atoms with Gasteiger partial charge in [-0.2, -0.15) is 0 Å². The molecule has 0 aliphatic carbocycles. The molecular weight excluding hydrogens is 460 g/mol. The molecule has 1 N–H and O–H groups in total.